The van der Waals surface area contributed by atoms with Crippen LogP contribution in [0.15, 0.2) is 43.8 Å². The van der Waals surface area contributed by atoms with Gasteiger partial charge in [-0.15, -0.1) is 24.8 Å². The molecule has 2 aliphatic carbocycles. The Morgan fingerprint density at radius 1 is 1.10 bits per heavy atom. The Kier molecular flexibility index (Phi) is 7.03. The van der Waals surface area contributed by atoms with Crippen LogP contribution in [-0.2, 0) is 18.9 Å². The summed E-state index contributed by atoms with van der Waals surface area (Å²) >= 11 is -2.06. The van der Waals surface area contributed by atoms with Crippen LogP contribution in [0.25, 0.3) is 0 Å². The summed E-state index contributed by atoms with van der Waals surface area (Å²) in [6.07, 6.45) is 8.03. The molecule has 0 aromatic heterocycles. The van der Waals surface area contributed by atoms with Gasteiger partial charge in [0.25, 0.3) is 0 Å². The summed E-state index contributed by atoms with van der Waals surface area (Å²) in [5, 5.41) is 0. The van der Waals surface area contributed by atoms with Crippen LogP contribution in [0.2, 0.25) is 9.26 Å². The Bertz CT molecular complexity index is 575. The maximum Gasteiger partial charge on any atom is -0.147 e. The van der Waals surface area contributed by atoms with E-state index in [1.54, 1.807) is 22.3 Å². The minimum Gasteiger partial charge on any atom is -0.147 e. The van der Waals surface area contributed by atoms with E-state index in [2.05, 4.69) is 62.1 Å². The molecule has 0 saturated heterocycles. The van der Waals surface area contributed by atoms with E-state index in [0.29, 0.717) is 0 Å². The van der Waals surface area contributed by atoms with E-state index in [-0.39, 0.29) is 30.2 Å². The predicted molar refractivity (Wildman–Crippen MR) is 95.8 cm³/mol. The molecule has 2 aliphatic rings. The van der Waals surface area contributed by atoms with Gasteiger partial charge in [-0.25, -0.2) is 0 Å². The van der Waals surface area contributed by atoms with Crippen molar-refractivity contribution >= 4 is 31.7 Å². The van der Waals surface area contributed by atoms with Gasteiger partial charge in [-0.05, 0) is 0 Å². The van der Waals surface area contributed by atoms with E-state index in [9.17, 15) is 0 Å². The van der Waals surface area contributed by atoms with Crippen molar-refractivity contribution in [2.24, 2.45) is 5.41 Å². The largest absolute Gasteiger partial charge is 0.147 e. The Hall–Kier alpha value is 0.640. The molecule has 0 aliphatic heterocycles. The van der Waals surface area contributed by atoms with Crippen molar-refractivity contribution in [3.05, 3.63) is 43.8 Å². The van der Waals surface area contributed by atoms with Gasteiger partial charge in [0.1, 0.15) is 0 Å². The normalized spacial score (nSPS) is 25.6. The van der Waals surface area contributed by atoms with Gasteiger partial charge in [0.15, 0.2) is 0 Å². The molecule has 0 saturated carbocycles. The molecular weight excluding hydrogens is 382 g/mol. The van der Waals surface area contributed by atoms with E-state index in [0.717, 1.165) is 6.42 Å². The molecule has 0 nitrogen and oxygen atoms in total. The third kappa shape index (κ3) is 3.05. The maximum absolute atomic E-state index is 2.57. The summed E-state index contributed by atoms with van der Waals surface area (Å²) in [6.45, 7) is 11.8. The molecular formula is C16H27Cl2SiZr. The monoisotopic (exact) mass is 407 g/mol. The minimum absolute atomic E-state index is 0. The average molecular weight is 410 g/mol. The fraction of sp³-hybridized carbons (Fsp3) is 0.500. The molecule has 20 heavy (non-hydrogen) atoms. The third-order valence-electron chi connectivity index (χ3n) is 4.84. The first-order valence-electron chi connectivity index (χ1n) is 6.82. The zero-order chi connectivity index (χ0) is 13.7. The first kappa shape index (κ1) is 20.6. The molecule has 2 rings (SSSR count). The first-order valence-corrected chi connectivity index (χ1v) is 18.9. The van der Waals surface area contributed by atoms with Gasteiger partial charge >= 0.3 is 118 Å². The van der Waals surface area contributed by atoms with Crippen LogP contribution in [0, 0.1) is 5.41 Å². The molecule has 1 unspecified atom stereocenters. The van der Waals surface area contributed by atoms with E-state index < -0.39 is 18.9 Å². The zero-order valence-electron chi connectivity index (χ0n) is 13.5. The van der Waals surface area contributed by atoms with Crippen LogP contribution in [0.5, 0.6) is 0 Å². The van der Waals surface area contributed by atoms with Crippen molar-refractivity contribution in [2.75, 3.05) is 0 Å². The van der Waals surface area contributed by atoms with Gasteiger partial charge in [0.05, 0.1) is 0 Å². The SMILES string of the molecule is CC1=C(C)C(C)(C2=CC=CC2)[C]([Zr]([CH3])([CH3])=[SiH2])=C1C.Cl.Cl. The Morgan fingerprint density at radius 2 is 1.65 bits per heavy atom. The molecule has 0 aromatic rings. The van der Waals surface area contributed by atoms with Crippen LogP contribution < -0.4 is 0 Å². The summed E-state index contributed by atoms with van der Waals surface area (Å²) in [4.78, 5) is 0. The molecule has 0 spiro atoms. The summed E-state index contributed by atoms with van der Waals surface area (Å²) in [6, 6.07) is 0. The van der Waals surface area contributed by atoms with Gasteiger partial charge in [-0.2, -0.15) is 0 Å². The van der Waals surface area contributed by atoms with Crippen LogP contribution >= 0.6 is 24.8 Å². The van der Waals surface area contributed by atoms with E-state index in [4.69, 9.17) is 0 Å². The van der Waals surface area contributed by atoms with Crippen molar-refractivity contribution in [2.45, 2.75) is 43.4 Å². The topological polar surface area (TPSA) is 0 Å². The smallest absolute Gasteiger partial charge is 0.147 e. The van der Waals surface area contributed by atoms with Gasteiger partial charge in [0, 0.05) is 0 Å². The molecule has 0 heterocycles. The number of rotatable bonds is 2. The van der Waals surface area contributed by atoms with Gasteiger partial charge in [-0.3, -0.25) is 0 Å². The molecule has 4 heteroatoms. The quantitative estimate of drug-likeness (QED) is 0.554. The molecule has 0 aromatic carbocycles. The summed E-state index contributed by atoms with van der Waals surface area (Å²) in [5.41, 5.74) is 6.61. The second-order valence-electron chi connectivity index (χ2n) is 6.58. The maximum atomic E-state index is 2.57. The fourth-order valence-electron chi connectivity index (χ4n) is 3.81. The number of hydrogen-bond donors (Lipinski definition) is 0. The number of halogens is 2. The predicted octanol–water partition coefficient (Wildman–Crippen LogP) is 5.14. The van der Waals surface area contributed by atoms with Gasteiger partial charge in [-0.1, -0.05) is 0 Å². The standard InChI is InChI=1S/C14H17.2CH3.2ClH.H2Si.Zr/c1-10-9-14(4,12(3)11(10)2)13-7-5-6-8-13;;;;;;/h5-7H,8H2,1-4H3;2*1H3;2*1H;1H2;. The van der Waals surface area contributed by atoms with Crippen molar-refractivity contribution in [1.29, 1.82) is 0 Å². The van der Waals surface area contributed by atoms with Crippen molar-refractivity contribution in [3.63, 3.8) is 0 Å². The van der Waals surface area contributed by atoms with E-state index in [1.165, 1.54) is 0 Å². The summed E-state index contributed by atoms with van der Waals surface area (Å²) in [5.74, 6) is 0. The van der Waals surface area contributed by atoms with Crippen molar-refractivity contribution in [1.82, 2.24) is 0 Å². The van der Waals surface area contributed by atoms with Crippen LogP contribution in [0.1, 0.15) is 34.1 Å². The van der Waals surface area contributed by atoms with E-state index in [1.807, 2.05) is 3.28 Å². The third-order valence-corrected chi connectivity index (χ3v) is 12.4. The fourth-order valence-corrected chi connectivity index (χ4v) is 14.6. The summed E-state index contributed by atoms with van der Waals surface area (Å²) in [7, 11) is 0. The average Bonchev–Trinajstić information content (AvgIpc) is 2.82. The van der Waals surface area contributed by atoms with Crippen LogP contribution in [0.3, 0.4) is 0 Å². The minimum atomic E-state index is -2.06. The van der Waals surface area contributed by atoms with Crippen LogP contribution in [-0.4, -0.2) is 6.88 Å². The molecule has 1 atom stereocenters. The molecule has 0 amide bonds. The van der Waals surface area contributed by atoms with E-state index >= 15 is 0 Å². The molecule has 0 fully saturated rings. The Morgan fingerprint density at radius 3 is 2.05 bits per heavy atom. The van der Waals surface area contributed by atoms with Crippen LogP contribution in [0.4, 0.5) is 0 Å². The number of hydrogen-bond acceptors (Lipinski definition) is 0. The second kappa shape index (κ2) is 6.82. The molecule has 0 radical (unpaired) electrons. The molecule has 0 N–H and O–H groups in total. The zero-order valence-corrected chi connectivity index (χ0v) is 19.0. The van der Waals surface area contributed by atoms with Gasteiger partial charge < -0.3 is 0 Å². The number of allylic oxidation sites excluding steroid dienone is 8. The second-order valence-corrected chi connectivity index (χ2v) is 27.5. The summed E-state index contributed by atoms with van der Waals surface area (Å²) < 4.78 is 6.97. The molecule has 0 bridgehead atoms. The Labute approximate surface area is 142 Å². The Balaban J connectivity index is 0.00000180. The van der Waals surface area contributed by atoms with Crippen molar-refractivity contribution in [3.8, 4) is 0 Å². The first-order chi connectivity index (χ1) is 8.20. The molecule has 113 valence electrons. The van der Waals surface area contributed by atoms with Crippen molar-refractivity contribution < 1.29 is 18.9 Å². The van der Waals surface area contributed by atoms with Gasteiger partial charge in [0.2, 0.25) is 0 Å².